The molecule has 1 amide bonds. The van der Waals surface area contributed by atoms with E-state index in [0.29, 0.717) is 24.5 Å². The fourth-order valence-electron chi connectivity index (χ4n) is 1.52. The summed E-state index contributed by atoms with van der Waals surface area (Å²) in [5, 5.41) is 11.6. The molecule has 0 aliphatic rings. The van der Waals surface area contributed by atoms with Gasteiger partial charge in [0, 0.05) is 12.3 Å². The SMILES string of the molecule is CCOCCC(=O)Nc1cccc(C(=O)O)c1C. The maximum atomic E-state index is 11.6. The van der Waals surface area contributed by atoms with Crippen molar-refractivity contribution in [2.24, 2.45) is 0 Å². The monoisotopic (exact) mass is 251 g/mol. The highest BCUT2D eigenvalue weighted by molar-refractivity contribution is 5.96. The number of benzene rings is 1. The maximum absolute atomic E-state index is 11.6. The predicted octanol–water partition coefficient (Wildman–Crippen LogP) is 2.06. The van der Waals surface area contributed by atoms with Crippen molar-refractivity contribution < 1.29 is 19.4 Å². The second-order valence-electron chi connectivity index (χ2n) is 3.78. The van der Waals surface area contributed by atoms with E-state index in [0.717, 1.165) is 0 Å². The van der Waals surface area contributed by atoms with Gasteiger partial charge in [0.05, 0.1) is 18.6 Å². The zero-order valence-corrected chi connectivity index (χ0v) is 10.5. The van der Waals surface area contributed by atoms with Crippen LogP contribution >= 0.6 is 0 Å². The average molecular weight is 251 g/mol. The topological polar surface area (TPSA) is 75.6 Å². The van der Waals surface area contributed by atoms with Gasteiger partial charge in [0.2, 0.25) is 5.91 Å². The Morgan fingerprint density at radius 2 is 2.11 bits per heavy atom. The lowest BCUT2D eigenvalue weighted by molar-refractivity contribution is -0.117. The van der Waals surface area contributed by atoms with E-state index in [1.54, 1.807) is 19.1 Å². The summed E-state index contributed by atoms with van der Waals surface area (Å²) < 4.78 is 5.08. The van der Waals surface area contributed by atoms with E-state index < -0.39 is 5.97 Å². The number of carbonyl (C=O) groups is 2. The van der Waals surface area contributed by atoms with Gasteiger partial charge in [-0.3, -0.25) is 4.79 Å². The highest BCUT2D eigenvalue weighted by atomic mass is 16.5. The average Bonchev–Trinajstić information content (AvgIpc) is 2.32. The van der Waals surface area contributed by atoms with Crippen LogP contribution < -0.4 is 5.32 Å². The van der Waals surface area contributed by atoms with Gasteiger partial charge in [0.1, 0.15) is 0 Å². The molecule has 0 spiro atoms. The van der Waals surface area contributed by atoms with Crippen molar-refractivity contribution in [2.45, 2.75) is 20.3 Å². The van der Waals surface area contributed by atoms with Crippen LogP contribution in [-0.2, 0) is 9.53 Å². The lowest BCUT2D eigenvalue weighted by Gasteiger charge is -2.10. The van der Waals surface area contributed by atoms with Gasteiger partial charge in [-0.05, 0) is 31.5 Å². The maximum Gasteiger partial charge on any atom is 0.336 e. The number of anilines is 1. The second-order valence-corrected chi connectivity index (χ2v) is 3.78. The Hall–Kier alpha value is -1.88. The fraction of sp³-hybridized carbons (Fsp3) is 0.385. The summed E-state index contributed by atoms with van der Waals surface area (Å²) in [6, 6.07) is 4.79. The smallest absolute Gasteiger partial charge is 0.336 e. The van der Waals surface area contributed by atoms with Crippen LogP contribution in [0.4, 0.5) is 5.69 Å². The van der Waals surface area contributed by atoms with Crippen LogP contribution in [0.5, 0.6) is 0 Å². The molecule has 1 aromatic rings. The minimum atomic E-state index is -1.00. The van der Waals surface area contributed by atoms with Crippen LogP contribution in [0.25, 0.3) is 0 Å². The fourth-order valence-corrected chi connectivity index (χ4v) is 1.52. The van der Waals surface area contributed by atoms with Crippen molar-refractivity contribution in [3.8, 4) is 0 Å². The Labute approximate surface area is 106 Å². The normalized spacial score (nSPS) is 10.1. The molecule has 0 saturated carbocycles. The number of amides is 1. The van der Waals surface area contributed by atoms with Gasteiger partial charge in [-0.25, -0.2) is 4.79 Å². The molecule has 5 nitrogen and oxygen atoms in total. The standard InChI is InChI=1S/C13H17NO4/c1-3-18-8-7-12(15)14-11-6-4-5-10(9(11)2)13(16)17/h4-6H,3,7-8H2,1-2H3,(H,14,15)(H,16,17). The van der Waals surface area contributed by atoms with Crippen molar-refractivity contribution >= 4 is 17.6 Å². The molecule has 98 valence electrons. The van der Waals surface area contributed by atoms with Gasteiger partial charge in [-0.1, -0.05) is 6.07 Å². The molecule has 0 atom stereocenters. The molecule has 0 heterocycles. The van der Waals surface area contributed by atoms with Gasteiger partial charge >= 0.3 is 5.97 Å². The van der Waals surface area contributed by atoms with Crippen LogP contribution in [0.15, 0.2) is 18.2 Å². The minimum absolute atomic E-state index is 0.186. The molecular weight excluding hydrogens is 234 g/mol. The summed E-state index contributed by atoms with van der Waals surface area (Å²) in [5.41, 5.74) is 1.27. The van der Waals surface area contributed by atoms with Gasteiger partial charge < -0.3 is 15.2 Å². The Morgan fingerprint density at radius 1 is 1.39 bits per heavy atom. The van der Waals surface area contributed by atoms with Crippen LogP contribution in [0.3, 0.4) is 0 Å². The van der Waals surface area contributed by atoms with E-state index in [-0.39, 0.29) is 17.9 Å². The lowest BCUT2D eigenvalue weighted by Crippen LogP contribution is -2.15. The number of nitrogens with one attached hydrogen (secondary N) is 1. The predicted molar refractivity (Wildman–Crippen MR) is 67.9 cm³/mol. The number of rotatable bonds is 6. The van der Waals surface area contributed by atoms with Gasteiger partial charge in [-0.2, -0.15) is 0 Å². The van der Waals surface area contributed by atoms with E-state index in [1.807, 2.05) is 6.92 Å². The van der Waals surface area contributed by atoms with Crippen molar-refractivity contribution in [3.05, 3.63) is 29.3 Å². The molecule has 0 aliphatic carbocycles. The molecule has 5 heteroatoms. The molecule has 0 unspecified atom stereocenters. The van der Waals surface area contributed by atoms with Crippen LogP contribution in [0, 0.1) is 6.92 Å². The van der Waals surface area contributed by atoms with E-state index in [4.69, 9.17) is 9.84 Å². The molecule has 0 saturated heterocycles. The minimum Gasteiger partial charge on any atom is -0.478 e. The summed E-state index contributed by atoms with van der Waals surface area (Å²) in [6.45, 7) is 4.46. The zero-order valence-electron chi connectivity index (χ0n) is 10.5. The third-order valence-corrected chi connectivity index (χ3v) is 2.52. The highest BCUT2D eigenvalue weighted by Crippen LogP contribution is 2.19. The lowest BCUT2D eigenvalue weighted by atomic mass is 10.1. The first-order chi connectivity index (χ1) is 8.56. The van der Waals surface area contributed by atoms with Crippen molar-refractivity contribution in [2.75, 3.05) is 18.5 Å². The number of hydrogen-bond donors (Lipinski definition) is 2. The first kappa shape index (κ1) is 14.2. The summed E-state index contributed by atoms with van der Waals surface area (Å²) in [5.74, 6) is -1.19. The summed E-state index contributed by atoms with van der Waals surface area (Å²) >= 11 is 0. The van der Waals surface area contributed by atoms with E-state index >= 15 is 0 Å². The van der Waals surface area contributed by atoms with Crippen molar-refractivity contribution in [3.63, 3.8) is 0 Å². The molecule has 1 aromatic carbocycles. The molecule has 2 N–H and O–H groups in total. The molecular formula is C13H17NO4. The Kier molecular flexibility index (Phi) is 5.32. The number of carboxylic acids is 1. The highest BCUT2D eigenvalue weighted by Gasteiger charge is 2.11. The number of aromatic carboxylic acids is 1. The third kappa shape index (κ3) is 3.85. The number of carbonyl (C=O) groups excluding carboxylic acids is 1. The Balaban J connectivity index is 2.70. The Morgan fingerprint density at radius 3 is 2.72 bits per heavy atom. The largest absolute Gasteiger partial charge is 0.478 e. The van der Waals surface area contributed by atoms with E-state index in [1.165, 1.54) is 6.07 Å². The van der Waals surface area contributed by atoms with Gasteiger partial charge in [0.15, 0.2) is 0 Å². The molecule has 0 radical (unpaired) electrons. The number of carboxylic acid groups (broad SMARTS) is 1. The molecule has 1 rings (SSSR count). The third-order valence-electron chi connectivity index (χ3n) is 2.52. The molecule has 0 aliphatic heterocycles. The van der Waals surface area contributed by atoms with Gasteiger partial charge in [0.25, 0.3) is 0 Å². The molecule has 0 bridgehead atoms. The van der Waals surface area contributed by atoms with Crippen LogP contribution in [-0.4, -0.2) is 30.2 Å². The molecule has 18 heavy (non-hydrogen) atoms. The zero-order chi connectivity index (χ0) is 13.5. The van der Waals surface area contributed by atoms with Crippen LogP contribution in [0.1, 0.15) is 29.3 Å². The first-order valence-electron chi connectivity index (χ1n) is 5.76. The summed E-state index contributed by atoms with van der Waals surface area (Å²) in [6.07, 6.45) is 0.255. The van der Waals surface area contributed by atoms with E-state index in [2.05, 4.69) is 5.32 Å². The van der Waals surface area contributed by atoms with E-state index in [9.17, 15) is 9.59 Å². The summed E-state index contributed by atoms with van der Waals surface area (Å²) in [4.78, 5) is 22.5. The van der Waals surface area contributed by atoms with Crippen molar-refractivity contribution in [1.29, 1.82) is 0 Å². The summed E-state index contributed by atoms with van der Waals surface area (Å²) in [7, 11) is 0. The van der Waals surface area contributed by atoms with Crippen molar-refractivity contribution in [1.82, 2.24) is 0 Å². The quantitative estimate of drug-likeness (QED) is 0.759. The first-order valence-corrected chi connectivity index (χ1v) is 5.76. The number of hydrogen-bond acceptors (Lipinski definition) is 3. The number of ether oxygens (including phenoxy) is 1. The second kappa shape index (κ2) is 6.76. The Bertz CT molecular complexity index is 443. The molecule has 0 aromatic heterocycles. The molecule has 0 fully saturated rings. The van der Waals surface area contributed by atoms with Gasteiger partial charge in [-0.15, -0.1) is 0 Å². The van der Waals surface area contributed by atoms with Crippen LogP contribution in [0.2, 0.25) is 0 Å².